The van der Waals surface area contributed by atoms with Crippen molar-refractivity contribution in [2.24, 2.45) is 0 Å². The van der Waals surface area contributed by atoms with Gasteiger partial charge in [-0.3, -0.25) is 4.79 Å². The molecule has 2 aromatic carbocycles. The number of halogens is 2. The third-order valence-electron chi connectivity index (χ3n) is 4.10. The summed E-state index contributed by atoms with van der Waals surface area (Å²) in [7, 11) is 0. The first-order valence-corrected chi connectivity index (χ1v) is 9.88. The number of carbonyl (C=O) groups excluding carboxylic acids is 1. The molecule has 2 rings (SSSR count). The van der Waals surface area contributed by atoms with E-state index in [0.29, 0.717) is 35.4 Å². The topological polar surface area (TPSA) is 47.6 Å². The molecule has 0 saturated heterocycles. The number of rotatable bonds is 9. The molecule has 6 heteroatoms. The van der Waals surface area contributed by atoms with Gasteiger partial charge in [-0.25, -0.2) is 0 Å². The number of benzene rings is 2. The van der Waals surface area contributed by atoms with Crippen LogP contribution in [-0.2, 0) is 17.8 Å². The molecule has 0 aliphatic heterocycles. The van der Waals surface area contributed by atoms with Gasteiger partial charge in [0.05, 0.1) is 11.6 Å². The average molecular weight is 410 g/mol. The lowest BCUT2D eigenvalue weighted by Crippen LogP contribution is -2.37. The minimum atomic E-state index is -0.628. The van der Waals surface area contributed by atoms with E-state index in [1.165, 1.54) is 0 Å². The van der Waals surface area contributed by atoms with Crippen LogP contribution in [0.5, 0.6) is 11.5 Å². The van der Waals surface area contributed by atoms with E-state index in [9.17, 15) is 4.79 Å². The highest BCUT2D eigenvalue weighted by Gasteiger charge is 2.19. The van der Waals surface area contributed by atoms with E-state index in [4.69, 9.17) is 32.7 Å². The fourth-order valence-corrected chi connectivity index (χ4v) is 3.12. The molecule has 27 heavy (non-hydrogen) atoms. The molecule has 0 spiro atoms. The van der Waals surface area contributed by atoms with Crippen LogP contribution in [0.15, 0.2) is 36.4 Å². The summed E-state index contributed by atoms with van der Waals surface area (Å²) in [5.74, 6) is 1.15. The Morgan fingerprint density at radius 3 is 2.44 bits per heavy atom. The highest BCUT2D eigenvalue weighted by atomic mass is 35.5. The fourth-order valence-electron chi connectivity index (χ4n) is 2.66. The first-order valence-electron chi connectivity index (χ1n) is 9.12. The second-order valence-corrected chi connectivity index (χ2v) is 6.88. The lowest BCUT2D eigenvalue weighted by atomic mass is 10.1. The van der Waals surface area contributed by atoms with Gasteiger partial charge >= 0.3 is 0 Å². The normalized spacial score (nSPS) is 11.7. The first-order chi connectivity index (χ1) is 13.0. The molecule has 0 saturated carbocycles. The smallest absolute Gasteiger partial charge is 0.261 e. The quantitative estimate of drug-likeness (QED) is 0.600. The Balaban J connectivity index is 2.00. The summed E-state index contributed by atoms with van der Waals surface area (Å²) < 4.78 is 11.4. The molecule has 0 radical (unpaired) electrons. The van der Waals surface area contributed by atoms with Crippen LogP contribution in [0.25, 0.3) is 0 Å². The van der Waals surface area contributed by atoms with E-state index < -0.39 is 6.10 Å². The SMILES string of the molecule is CCOc1ccc(CNC(=O)C(CC)Oc2ccc(Cl)cc2Cl)cc1CC. The summed E-state index contributed by atoms with van der Waals surface area (Å²) in [5.41, 5.74) is 2.14. The number of hydrogen-bond acceptors (Lipinski definition) is 3. The molecule has 2 aromatic rings. The van der Waals surface area contributed by atoms with Gasteiger partial charge in [-0.05, 0) is 55.2 Å². The molecule has 146 valence electrons. The first kappa shape index (κ1) is 21.4. The van der Waals surface area contributed by atoms with Crippen LogP contribution in [0.2, 0.25) is 10.0 Å². The monoisotopic (exact) mass is 409 g/mol. The second kappa shape index (κ2) is 10.4. The Hall–Kier alpha value is -1.91. The number of nitrogens with one attached hydrogen (secondary N) is 1. The van der Waals surface area contributed by atoms with E-state index in [0.717, 1.165) is 23.3 Å². The summed E-state index contributed by atoms with van der Waals surface area (Å²) in [6, 6.07) is 10.9. The molecule has 0 aromatic heterocycles. The molecule has 4 nitrogen and oxygen atoms in total. The molecule has 1 unspecified atom stereocenters. The van der Waals surface area contributed by atoms with Crippen LogP contribution >= 0.6 is 23.2 Å². The Labute approximate surface area is 170 Å². The summed E-state index contributed by atoms with van der Waals surface area (Å²) in [6.07, 6.45) is 0.762. The van der Waals surface area contributed by atoms with Crippen molar-refractivity contribution in [3.63, 3.8) is 0 Å². The zero-order valence-corrected chi connectivity index (χ0v) is 17.4. The molecule has 0 aliphatic rings. The zero-order chi connectivity index (χ0) is 19.8. The van der Waals surface area contributed by atoms with E-state index in [2.05, 4.69) is 18.3 Å². The van der Waals surface area contributed by atoms with Gasteiger partial charge < -0.3 is 14.8 Å². The standard InChI is InChI=1S/C21H25Cl2NO3/c1-4-15-11-14(7-9-19(15)26-6-3)13-24-21(25)18(5-2)27-20-10-8-16(22)12-17(20)23/h7-12,18H,4-6,13H2,1-3H3,(H,24,25). The van der Waals surface area contributed by atoms with Crippen LogP contribution in [0.1, 0.15) is 38.3 Å². The second-order valence-electron chi connectivity index (χ2n) is 6.04. The van der Waals surface area contributed by atoms with Crippen molar-refractivity contribution in [2.45, 2.75) is 46.3 Å². The van der Waals surface area contributed by atoms with E-state index in [-0.39, 0.29) is 5.91 Å². The van der Waals surface area contributed by atoms with Crippen molar-refractivity contribution in [1.82, 2.24) is 5.32 Å². The summed E-state index contributed by atoms with van der Waals surface area (Å²) >= 11 is 12.0. The van der Waals surface area contributed by atoms with Crippen LogP contribution in [0.3, 0.4) is 0 Å². The molecule has 0 fully saturated rings. The number of carbonyl (C=O) groups is 1. The van der Waals surface area contributed by atoms with Gasteiger partial charge in [0.2, 0.25) is 0 Å². The number of hydrogen-bond donors (Lipinski definition) is 1. The minimum absolute atomic E-state index is 0.185. The Morgan fingerprint density at radius 2 is 1.81 bits per heavy atom. The lowest BCUT2D eigenvalue weighted by molar-refractivity contribution is -0.128. The van der Waals surface area contributed by atoms with E-state index >= 15 is 0 Å². The minimum Gasteiger partial charge on any atom is -0.494 e. The lowest BCUT2D eigenvalue weighted by Gasteiger charge is -2.18. The third kappa shape index (κ3) is 6.05. The van der Waals surface area contributed by atoms with Crippen molar-refractivity contribution >= 4 is 29.1 Å². The van der Waals surface area contributed by atoms with Gasteiger partial charge in [0.15, 0.2) is 6.10 Å². The summed E-state index contributed by atoms with van der Waals surface area (Å²) in [4.78, 5) is 12.5. The van der Waals surface area contributed by atoms with Crippen molar-refractivity contribution in [1.29, 1.82) is 0 Å². The molecule has 1 atom stereocenters. The zero-order valence-electron chi connectivity index (χ0n) is 15.9. The maximum Gasteiger partial charge on any atom is 0.261 e. The van der Waals surface area contributed by atoms with Crippen LogP contribution in [0, 0.1) is 0 Å². The Bertz CT molecular complexity index is 780. The molecule has 0 heterocycles. The van der Waals surface area contributed by atoms with Crippen LogP contribution in [0.4, 0.5) is 0 Å². The maximum atomic E-state index is 12.5. The Morgan fingerprint density at radius 1 is 1.07 bits per heavy atom. The molecule has 0 bridgehead atoms. The van der Waals surface area contributed by atoms with Gasteiger partial charge in [-0.1, -0.05) is 49.2 Å². The number of amides is 1. The van der Waals surface area contributed by atoms with Crippen molar-refractivity contribution < 1.29 is 14.3 Å². The van der Waals surface area contributed by atoms with Crippen molar-refractivity contribution in [2.75, 3.05) is 6.61 Å². The number of ether oxygens (including phenoxy) is 2. The number of aryl methyl sites for hydroxylation is 1. The molecule has 0 aliphatic carbocycles. The molecule has 1 amide bonds. The molecular formula is C21H25Cl2NO3. The maximum absolute atomic E-state index is 12.5. The predicted octanol–water partition coefficient (Wildman–Crippen LogP) is 5.43. The van der Waals surface area contributed by atoms with Gasteiger partial charge in [-0.15, -0.1) is 0 Å². The van der Waals surface area contributed by atoms with Crippen LogP contribution < -0.4 is 14.8 Å². The highest BCUT2D eigenvalue weighted by Crippen LogP contribution is 2.28. The van der Waals surface area contributed by atoms with Crippen molar-refractivity contribution in [3.8, 4) is 11.5 Å². The average Bonchev–Trinajstić information content (AvgIpc) is 2.66. The Kier molecular flexibility index (Phi) is 8.26. The molecule has 1 N–H and O–H groups in total. The van der Waals surface area contributed by atoms with Crippen molar-refractivity contribution in [3.05, 3.63) is 57.6 Å². The third-order valence-corrected chi connectivity index (χ3v) is 4.63. The fraction of sp³-hybridized carbons (Fsp3) is 0.381. The van der Waals surface area contributed by atoms with Gasteiger partial charge in [0.25, 0.3) is 5.91 Å². The van der Waals surface area contributed by atoms with Gasteiger partial charge in [0, 0.05) is 11.6 Å². The molecular weight excluding hydrogens is 385 g/mol. The highest BCUT2D eigenvalue weighted by molar-refractivity contribution is 6.35. The van der Waals surface area contributed by atoms with Gasteiger partial charge in [0.1, 0.15) is 11.5 Å². The van der Waals surface area contributed by atoms with Gasteiger partial charge in [-0.2, -0.15) is 0 Å². The summed E-state index contributed by atoms with van der Waals surface area (Å²) in [5, 5.41) is 3.83. The van der Waals surface area contributed by atoms with E-state index in [1.54, 1.807) is 18.2 Å². The van der Waals surface area contributed by atoms with E-state index in [1.807, 2.05) is 26.0 Å². The largest absolute Gasteiger partial charge is 0.494 e. The summed E-state index contributed by atoms with van der Waals surface area (Å²) in [6.45, 7) is 6.99. The van der Waals surface area contributed by atoms with Crippen LogP contribution in [-0.4, -0.2) is 18.6 Å². The predicted molar refractivity (Wildman–Crippen MR) is 110 cm³/mol.